The van der Waals surface area contributed by atoms with Crippen molar-refractivity contribution >= 4 is 0 Å². The maximum absolute atomic E-state index is 5.53. The highest BCUT2D eigenvalue weighted by Crippen LogP contribution is 2.37. The fraction of sp³-hybridized carbons (Fsp3) is 0.400. The van der Waals surface area contributed by atoms with Gasteiger partial charge in [-0.05, 0) is 12.1 Å². The first-order valence-corrected chi connectivity index (χ1v) is 6.65. The molecule has 1 aromatic heterocycles. The van der Waals surface area contributed by atoms with Crippen molar-refractivity contribution < 1.29 is 18.6 Å². The predicted molar refractivity (Wildman–Crippen MR) is 78.6 cm³/mol. The van der Waals surface area contributed by atoms with Gasteiger partial charge in [0.15, 0.2) is 11.5 Å². The normalized spacial score (nSPS) is 10.6. The average Bonchev–Trinajstić information content (AvgIpc) is 2.99. The molecule has 0 atom stereocenters. The molecule has 2 rings (SSSR count). The van der Waals surface area contributed by atoms with Gasteiger partial charge in [0, 0.05) is 20.2 Å². The molecule has 0 fully saturated rings. The van der Waals surface area contributed by atoms with E-state index in [-0.39, 0.29) is 0 Å². The number of aromatic nitrogens is 1. The third kappa shape index (κ3) is 3.74. The zero-order valence-electron chi connectivity index (χ0n) is 12.5. The number of nitrogens with one attached hydrogen (secondary N) is 1. The summed E-state index contributed by atoms with van der Waals surface area (Å²) in [5.41, 5.74) is 1.59. The van der Waals surface area contributed by atoms with Crippen LogP contribution in [0.15, 0.2) is 28.9 Å². The van der Waals surface area contributed by atoms with Crippen molar-refractivity contribution in [1.82, 2.24) is 10.3 Å². The van der Waals surface area contributed by atoms with E-state index in [0.29, 0.717) is 30.5 Å². The second-order valence-electron chi connectivity index (χ2n) is 4.35. The van der Waals surface area contributed by atoms with Crippen molar-refractivity contribution in [2.75, 3.05) is 34.5 Å². The molecule has 0 bridgehead atoms. The van der Waals surface area contributed by atoms with Crippen molar-refractivity contribution in [3.05, 3.63) is 30.2 Å². The Labute approximate surface area is 124 Å². The van der Waals surface area contributed by atoms with Crippen LogP contribution in [-0.2, 0) is 11.3 Å². The maximum atomic E-state index is 5.53. The summed E-state index contributed by atoms with van der Waals surface area (Å²) in [6.07, 6.45) is 1.63. The third-order valence-electron chi connectivity index (χ3n) is 2.97. The fourth-order valence-electron chi connectivity index (χ4n) is 1.96. The standard InChI is InChI=1S/C15H20N2O4/c1-18-8-7-16-9-11-10-21-15(17-11)12-5-4-6-13(19-2)14(12)20-3/h4-6,10,16H,7-9H2,1-3H3. The number of para-hydroxylation sites is 1. The lowest BCUT2D eigenvalue weighted by molar-refractivity contribution is 0.199. The summed E-state index contributed by atoms with van der Waals surface area (Å²) in [5, 5.41) is 3.22. The number of hydrogen-bond donors (Lipinski definition) is 1. The van der Waals surface area contributed by atoms with Crippen molar-refractivity contribution in [3.8, 4) is 23.0 Å². The molecule has 0 radical (unpaired) electrons. The van der Waals surface area contributed by atoms with Gasteiger partial charge in [-0.2, -0.15) is 0 Å². The molecule has 6 heteroatoms. The Hall–Kier alpha value is -2.05. The van der Waals surface area contributed by atoms with Crippen LogP contribution in [0, 0.1) is 0 Å². The average molecular weight is 292 g/mol. The Balaban J connectivity index is 2.14. The van der Waals surface area contributed by atoms with Gasteiger partial charge in [-0.15, -0.1) is 0 Å². The van der Waals surface area contributed by atoms with Crippen LogP contribution in [0.5, 0.6) is 11.5 Å². The van der Waals surface area contributed by atoms with Crippen LogP contribution in [0.3, 0.4) is 0 Å². The van der Waals surface area contributed by atoms with Crippen LogP contribution < -0.4 is 14.8 Å². The predicted octanol–water partition coefficient (Wildman–Crippen LogP) is 2.09. The molecule has 0 amide bonds. The molecule has 0 saturated heterocycles. The summed E-state index contributed by atoms with van der Waals surface area (Å²) in [4.78, 5) is 4.46. The number of benzene rings is 1. The highest BCUT2D eigenvalue weighted by Gasteiger charge is 2.15. The minimum Gasteiger partial charge on any atom is -0.493 e. The molecule has 0 saturated carbocycles. The van der Waals surface area contributed by atoms with E-state index in [1.807, 2.05) is 18.2 Å². The number of ether oxygens (including phenoxy) is 3. The second kappa shape index (κ2) is 7.66. The Kier molecular flexibility index (Phi) is 5.59. The quantitative estimate of drug-likeness (QED) is 0.752. The fourth-order valence-corrected chi connectivity index (χ4v) is 1.96. The highest BCUT2D eigenvalue weighted by atomic mass is 16.5. The van der Waals surface area contributed by atoms with E-state index in [4.69, 9.17) is 18.6 Å². The van der Waals surface area contributed by atoms with E-state index >= 15 is 0 Å². The largest absolute Gasteiger partial charge is 0.493 e. The molecule has 114 valence electrons. The molecule has 0 unspecified atom stereocenters. The smallest absolute Gasteiger partial charge is 0.230 e. The van der Waals surface area contributed by atoms with Gasteiger partial charge in [-0.1, -0.05) is 6.07 Å². The van der Waals surface area contributed by atoms with Crippen LogP contribution in [0.4, 0.5) is 0 Å². The van der Waals surface area contributed by atoms with Gasteiger partial charge in [0.2, 0.25) is 5.89 Å². The first kappa shape index (κ1) is 15.3. The monoisotopic (exact) mass is 292 g/mol. The summed E-state index contributed by atoms with van der Waals surface area (Å²) >= 11 is 0. The molecule has 0 aliphatic heterocycles. The van der Waals surface area contributed by atoms with E-state index in [2.05, 4.69) is 10.3 Å². The van der Waals surface area contributed by atoms with E-state index in [1.54, 1.807) is 27.6 Å². The Morgan fingerprint density at radius 3 is 2.76 bits per heavy atom. The maximum Gasteiger partial charge on any atom is 0.230 e. The van der Waals surface area contributed by atoms with Gasteiger partial charge in [-0.3, -0.25) is 0 Å². The Bertz CT molecular complexity index is 569. The summed E-state index contributed by atoms with van der Waals surface area (Å²) < 4.78 is 21.2. The molecule has 0 aliphatic rings. The topological polar surface area (TPSA) is 65.8 Å². The van der Waals surface area contributed by atoms with Crippen LogP contribution in [0.2, 0.25) is 0 Å². The number of rotatable bonds is 8. The summed E-state index contributed by atoms with van der Waals surface area (Å²) in [7, 11) is 4.87. The van der Waals surface area contributed by atoms with Crippen molar-refractivity contribution in [1.29, 1.82) is 0 Å². The van der Waals surface area contributed by atoms with Gasteiger partial charge in [0.05, 0.1) is 32.1 Å². The molecule has 21 heavy (non-hydrogen) atoms. The first-order chi connectivity index (χ1) is 10.3. The zero-order valence-corrected chi connectivity index (χ0v) is 12.5. The minimum absolute atomic E-state index is 0.509. The highest BCUT2D eigenvalue weighted by molar-refractivity contribution is 5.67. The minimum atomic E-state index is 0.509. The lowest BCUT2D eigenvalue weighted by Crippen LogP contribution is -2.18. The van der Waals surface area contributed by atoms with Gasteiger partial charge in [-0.25, -0.2) is 4.98 Å². The summed E-state index contributed by atoms with van der Waals surface area (Å²) in [6, 6.07) is 5.59. The first-order valence-electron chi connectivity index (χ1n) is 6.65. The molecule has 6 nitrogen and oxygen atoms in total. The van der Waals surface area contributed by atoms with Gasteiger partial charge >= 0.3 is 0 Å². The van der Waals surface area contributed by atoms with E-state index in [1.165, 1.54) is 0 Å². The van der Waals surface area contributed by atoms with Crippen LogP contribution in [0.25, 0.3) is 11.5 Å². The van der Waals surface area contributed by atoms with Crippen LogP contribution in [-0.4, -0.2) is 39.5 Å². The summed E-state index contributed by atoms with van der Waals surface area (Å²) in [5.74, 6) is 1.77. The molecule has 1 heterocycles. The van der Waals surface area contributed by atoms with Gasteiger partial charge in [0.1, 0.15) is 6.26 Å². The van der Waals surface area contributed by atoms with E-state index in [0.717, 1.165) is 17.8 Å². The molecule has 2 aromatic rings. The number of nitrogens with zero attached hydrogens (tertiary/aromatic N) is 1. The number of oxazole rings is 1. The lowest BCUT2D eigenvalue weighted by Gasteiger charge is -2.09. The zero-order chi connectivity index (χ0) is 15.1. The Morgan fingerprint density at radius 2 is 2.05 bits per heavy atom. The third-order valence-corrected chi connectivity index (χ3v) is 2.97. The molecular weight excluding hydrogens is 272 g/mol. The SMILES string of the molecule is COCCNCc1coc(-c2cccc(OC)c2OC)n1. The van der Waals surface area contributed by atoms with Crippen molar-refractivity contribution in [3.63, 3.8) is 0 Å². The number of methoxy groups -OCH3 is 3. The van der Waals surface area contributed by atoms with Crippen molar-refractivity contribution in [2.24, 2.45) is 0 Å². The molecule has 1 aromatic carbocycles. The van der Waals surface area contributed by atoms with Crippen LogP contribution in [0.1, 0.15) is 5.69 Å². The van der Waals surface area contributed by atoms with Crippen molar-refractivity contribution in [2.45, 2.75) is 6.54 Å². The molecule has 0 spiro atoms. The lowest BCUT2D eigenvalue weighted by atomic mass is 10.2. The number of hydrogen-bond acceptors (Lipinski definition) is 6. The molecule has 0 aliphatic carbocycles. The molecular formula is C15H20N2O4. The van der Waals surface area contributed by atoms with E-state index < -0.39 is 0 Å². The molecule has 1 N–H and O–H groups in total. The van der Waals surface area contributed by atoms with Gasteiger partial charge in [0.25, 0.3) is 0 Å². The Morgan fingerprint density at radius 1 is 1.19 bits per heavy atom. The second-order valence-corrected chi connectivity index (χ2v) is 4.35. The summed E-state index contributed by atoms with van der Waals surface area (Å²) in [6.45, 7) is 2.05. The van der Waals surface area contributed by atoms with E-state index in [9.17, 15) is 0 Å². The van der Waals surface area contributed by atoms with Crippen LogP contribution >= 0.6 is 0 Å². The van der Waals surface area contributed by atoms with Gasteiger partial charge < -0.3 is 23.9 Å².